The number of amides is 2. The number of nitrogens with one attached hydrogen (secondary N) is 2. The van der Waals surface area contributed by atoms with E-state index >= 15 is 0 Å². The molecule has 0 saturated heterocycles. The van der Waals surface area contributed by atoms with Crippen LogP contribution in [0.1, 0.15) is 63.0 Å². The van der Waals surface area contributed by atoms with Gasteiger partial charge in [-0.3, -0.25) is 14.6 Å². The lowest BCUT2D eigenvalue weighted by Gasteiger charge is -2.29. The fraction of sp³-hybridized carbons (Fsp3) is 0.419. The minimum absolute atomic E-state index is 0.122. The van der Waals surface area contributed by atoms with Gasteiger partial charge in [0.15, 0.2) is 0 Å². The lowest BCUT2D eigenvalue weighted by atomic mass is 9.74. The molecule has 1 aromatic heterocycles. The molecule has 0 spiro atoms. The molecule has 2 aromatic carbocycles. The van der Waals surface area contributed by atoms with E-state index in [-0.39, 0.29) is 30.6 Å². The topological polar surface area (TPSA) is 133 Å². The normalized spacial score (nSPS) is 18.1. The molecule has 10 heteroatoms. The summed E-state index contributed by atoms with van der Waals surface area (Å²) in [5.74, 6) is -1.35. The summed E-state index contributed by atoms with van der Waals surface area (Å²) in [7, 11) is -1.72. The number of hydrogen-bond acceptors (Lipinski definition) is 7. The number of rotatable bonds is 12. The van der Waals surface area contributed by atoms with E-state index in [1.807, 2.05) is 74.5 Å². The Bertz CT molecular complexity index is 1380. The fourth-order valence-electron chi connectivity index (χ4n) is 5.25. The van der Waals surface area contributed by atoms with Gasteiger partial charge in [-0.05, 0) is 41.7 Å². The van der Waals surface area contributed by atoms with Crippen LogP contribution in [0.2, 0.25) is 0 Å². The SMILES string of the molecule is CC(C)CC(NC(=O)C1(Cc2ccccc2)CC(C(CC(C)C)NC(=O)c2nccc3ccccc23)=NO1)B(O)O. The number of benzene rings is 2. The summed E-state index contributed by atoms with van der Waals surface area (Å²) in [6, 6.07) is 18.4. The third-order valence-corrected chi connectivity index (χ3v) is 7.26. The number of hydrogen-bond donors (Lipinski definition) is 4. The Morgan fingerprint density at radius 1 is 0.951 bits per heavy atom. The number of carbonyl (C=O) groups is 2. The van der Waals surface area contributed by atoms with Crippen LogP contribution in [-0.4, -0.2) is 57.3 Å². The van der Waals surface area contributed by atoms with Gasteiger partial charge >= 0.3 is 7.12 Å². The second-order valence-corrected chi connectivity index (χ2v) is 11.7. The third kappa shape index (κ3) is 7.51. The first kappa shape index (κ1) is 30.2. The van der Waals surface area contributed by atoms with Crippen LogP contribution in [0.15, 0.2) is 72.0 Å². The Hall–Kier alpha value is -3.76. The molecule has 4 rings (SSSR count). The summed E-state index contributed by atoms with van der Waals surface area (Å²) >= 11 is 0. The minimum Gasteiger partial charge on any atom is -0.426 e. The molecule has 1 aliphatic rings. The first-order valence-electron chi connectivity index (χ1n) is 14.2. The molecule has 216 valence electrons. The molecule has 41 heavy (non-hydrogen) atoms. The first-order chi connectivity index (χ1) is 19.6. The lowest BCUT2D eigenvalue weighted by Crippen LogP contribution is -2.56. The van der Waals surface area contributed by atoms with Crippen LogP contribution in [0, 0.1) is 11.8 Å². The van der Waals surface area contributed by atoms with Crippen molar-refractivity contribution < 1.29 is 24.5 Å². The number of fused-ring (bicyclic) bond motifs is 1. The van der Waals surface area contributed by atoms with Crippen molar-refractivity contribution in [2.75, 3.05) is 0 Å². The van der Waals surface area contributed by atoms with E-state index < -0.39 is 30.6 Å². The second kappa shape index (κ2) is 13.3. The van der Waals surface area contributed by atoms with Gasteiger partial charge < -0.3 is 25.5 Å². The molecular formula is C31H39BN4O5. The van der Waals surface area contributed by atoms with Gasteiger partial charge in [-0.2, -0.15) is 0 Å². The Labute approximate surface area is 241 Å². The monoisotopic (exact) mass is 558 g/mol. The summed E-state index contributed by atoms with van der Waals surface area (Å²) in [6.07, 6.45) is 2.92. The first-order valence-corrected chi connectivity index (χ1v) is 14.2. The molecule has 3 aromatic rings. The highest BCUT2D eigenvalue weighted by molar-refractivity contribution is 6.43. The molecule has 0 bridgehead atoms. The Morgan fingerprint density at radius 3 is 2.32 bits per heavy atom. The van der Waals surface area contributed by atoms with E-state index in [4.69, 9.17) is 4.84 Å². The van der Waals surface area contributed by atoms with Crippen molar-refractivity contribution in [1.82, 2.24) is 15.6 Å². The van der Waals surface area contributed by atoms with Crippen molar-refractivity contribution in [3.05, 3.63) is 78.1 Å². The number of carbonyl (C=O) groups excluding carboxylic acids is 2. The maximum atomic E-state index is 13.8. The summed E-state index contributed by atoms with van der Waals surface area (Å²) in [6.45, 7) is 7.99. The number of aromatic nitrogens is 1. The average molecular weight is 558 g/mol. The van der Waals surface area contributed by atoms with Crippen LogP contribution >= 0.6 is 0 Å². The number of oxime groups is 1. The van der Waals surface area contributed by atoms with E-state index in [1.165, 1.54) is 0 Å². The Kier molecular flexibility index (Phi) is 9.78. The van der Waals surface area contributed by atoms with Gasteiger partial charge in [0.2, 0.25) is 5.60 Å². The highest BCUT2D eigenvalue weighted by atomic mass is 16.7. The molecule has 0 aliphatic carbocycles. The molecule has 2 amide bonds. The average Bonchev–Trinajstić information content (AvgIpc) is 3.37. The van der Waals surface area contributed by atoms with Gasteiger partial charge in [0.05, 0.1) is 17.7 Å². The zero-order valence-corrected chi connectivity index (χ0v) is 24.1. The van der Waals surface area contributed by atoms with E-state index in [2.05, 4.69) is 34.6 Å². The second-order valence-electron chi connectivity index (χ2n) is 11.7. The van der Waals surface area contributed by atoms with Crippen molar-refractivity contribution in [2.45, 2.75) is 71.0 Å². The van der Waals surface area contributed by atoms with Gasteiger partial charge in [-0.15, -0.1) is 0 Å². The zero-order valence-electron chi connectivity index (χ0n) is 24.1. The quantitative estimate of drug-likeness (QED) is 0.251. The van der Waals surface area contributed by atoms with Crippen molar-refractivity contribution in [3.63, 3.8) is 0 Å². The van der Waals surface area contributed by atoms with Crippen LogP contribution in [0.25, 0.3) is 10.8 Å². The Balaban J connectivity index is 1.61. The van der Waals surface area contributed by atoms with Crippen LogP contribution in [0.5, 0.6) is 0 Å². The lowest BCUT2D eigenvalue weighted by molar-refractivity contribution is -0.144. The minimum atomic E-state index is -1.72. The maximum Gasteiger partial charge on any atom is 0.475 e. The van der Waals surface area contributed by atoms with Crippen LogP contribution in [0.3, 0.4) is 0 Å². The third-order valence-electron chi connectivity index (χ3n) is 7.26. The van der Waals surface area contributed by atoms with E-state index in [0.29, 0.717) is 24.2 Å². The molecule has 2 heterocycles. The highest BCUT2D eigenvalue weighted by Crippen LogP contribution is 2.32. The zero-order chi connectivity index (χ0) is 29.6. The predicted octanol–water partition coefficient (Wildman–Crippen LogP) is 3.68. The van der Waals surface area contributed by atoms with E-state index in [1.54, 1.807) is 6.20 Å². The number of pyridine rings is 1. The van der Waals surface area contributed by atoms with Gasteiger partial charge in [-0.1, -0.05) is 87.4 Å². The predicted molar refractivity (Wildman–Crippen MR) is 160 cm³/mol. The largest absolute Gasteiger partial charge is 0.475 e. The van der Waals surface area contributed by atoms with Gasteiger partial charge in [0, 0.05) is 24.4 Å². The van der Waals surface area contributed by atoms with Gasteiger partial charge in [0.25, 0.3) is 11.8 Å². The molecule has 0 saturated carbocycles. The molecular weight excluding hydrogens is 519 g/mol. The molecule has 0 fully saturated rings. The van der Waals surface area contributed by atoms with Crippen molar-refractivity contribution in [1.29, 1.82) is 0 Å². The Morgan fingerprint density at radius 2 is 1.63 bits per heavy atom. The van der Waals surface area contributed by atoms with Crippen LogP contribution in [-0.2, 0) is 16.1 Å². The molecule has 3 atom stereocenters. The molecule has 0 radical (unpaired) electrons. The van der Waals surface area contributed by atoms with Crippen LogP contribution in [0.4, 0.5) is 0 Å². The molecule has 3 unspecified atom stereocenters. The highest BCUT2D eigenvalue weighted by Gasteiger charge is 2.49. The molecule has 4 N–H and O–H groups in total. The summed E-state index contributed by atoms with van der Waals surface area (Å²) in [5.41, 5.74) is 0.313. The van der Waals surface area contributed by atoms with Crippen molar-refractivity contribution >= 4 is 35.4 Å². The van der Waals surface area contributed by atoms with Gasteiger partial charge in [-0.25, -0.2) is 0 Å². The molecule has 9 nitrogen and oxygen atoms in total. The number of nitrogens with zero attached hydrogens (tertiary/aromatic N) is 2. The van der Waals surface area contributed by atoms with Crippen LogP contribution < -0.4 is 10.6 Å². The van der Waals surface area contributed by atoms with E-state index in [0.717, 1.165) is 16.3 Å². The standard InChI is InChI=1S/C31H39BN4O5/c1-20(2)16-25(34-29(37)28-24-13-9-8-12-23(24)14-15-33-28)26-19-31(41-36-26,18-22-10-6-5-7-11-22)30(38)35-27(32(39)40)17-21(3)4/h5-15,20-21,25,27,39-40H,16-19H2,1-4H3,(H,34,37)(H,35,38). The summed E-state index contributed by atoms with van der Waals surface area (Å²) in [4.78, 5) is 37.7. The van der Waals surface area contributed by atoms with E-state index in [9.17, 15) is 19.6 Å². The fourth-order valence-corrected chi connectivity index (χ4v) is 5.25. The van der Waals surface area contributed by atoms with Gasteiger partial charge in [0.1, 0.15) is 5.69 Å². The maximum absolute atomic E-state index is 13.8. The molecule has 1 aliphatic heterocycles. The summed E-state index contributed by atoms with van der Waals surface area (Å²) in [5, 5.41) is 31.9. The van der Waals surface area contributed by atoms with Crippen molar-refractivity contribution in [3.8, 4) is 0 Å². The summed E-state index contributed by atoms with van der Waals surface area (Å²) < 4.78 is 0. The van der Waals surface area contributed by atoms with Crippen molar-refractivity contribution in [2.24, 2.45) is 17.0 Å². The smallest absolute Gasteiger partial charge is 0.426 e.